The van der Waals surface area contributed by atoms with Crippen LogP contribution in [0.4, 0.5) is 5.95 Å². The van der Waals surface area contributed by atoms with E-state index in [9.17, 15) is 0 Å². The van der Waals surface area contributed by atoms with Gasteiger partial charge >= 0.3 is 0 Å². The summed E-state index contributed by atoms with van der Waals surface area (Å²) in [5.41, 5.74) is 0.928. The highest BCUT2D eigenvalue weighted by molar-refractivity contribution is 5.38. The van der Waals surface area contributed by atoms with Crippen molar-refractivity contribution in [3.8, 4) is 5.69 Å². The Morgan fingerprint density at radius 3 is 3.05 bits per heavy atom. The highest BCUT2D eigenvalue weighted by Crippen LogP contribution is 2.10. The summed E-state index contributed by atoms with van der Waals surface area (Å²) in [4.78, 5) is 0. The minimum atomic E-state index is 0.148. The van der Waals surface area contributed by atoms with E-state index in [1.807, 2.05) is 30.3 Å². The molecule has 2 aromatic rings. The van der Waals surface area contributed by atoms with Crippen LogP contribution in [0.1, 0.15) is 0 Å². The maximum atomic E-state index is 5.62. The lowest BCUT2D eigenvalue weighted by molar-refractivity contribution is 0.0371. The average Bonchev–Trinajstić information content (AvgIpc) is 2.95. The number of tetrazole rings is 1. The standard InChI is InChI=1S/C12H16N6O/c1-2-4-10(5-3-1)18-12(15-16-17-18)14-9-11-8-13-6-7-19-11/h1-5,11,13H,6-9H2,(H,14,15,17). The van der Waals surface area contributed by atoms with Crippen molar-refractivity contribution >= 4 is 5.95 Å². The van der Waals surface area contributed by atoms with Crippen molar-refractivity contribution in [2.75, 3.05) is 31.6 Å². The van der Waals surface area contributed by atoms with Crippen LogP contribution >= 0.6 is 0 Å². The van der Waals surface area contributed by atoms with E-state index in [0.717, 1.165) is 25.4 Å². The van der Waals surface area contributed by atoms with Gasteiger partial charge in [-0.3, -0.25) is 0 Å². The molecular formula is C12H16N6O. The molecule has 0 amide bonds. The third-order valence-electron chi connectivity index (χ3n) is 2.96. The second-order valence-electron chi connectivity index (χ2n) is 4.33. The molecule has 1 aromatic heterocycles. The van der Waals surface area contributed by atoms with Crippen molar-refractivity contribution in [2.45, 2.75) is 6.10 Å². The van der Waals surface area contributed by atoms with Crippen molar-refractivity contribution in [3.63, 3.8) is 0 Å². The number of para-hydroxylation sites is 1. The van der Waals surface area contributed by atoms with Gasteiger partial charge in [0, 0.05) is 19.6 Å². The van der Waals surface area contributed by atoms with Gasteiger partial charge in [-0.1, -0.05) is 23.3 Å². The summed E-state index contributed by atoms with van der Waals surface area (Å²) in [6, 6.07) is 9.78. The monoisotopic (exact) mass is 260 g/mol. The molecular weight excluding hydrogens is 244 g/mol. The van der Waals surface area contributed by atoms with Gasteiger partial charge in [0.05, 0.1) is 18.4 Å². The van der Waals surface area contributed by atoms with Crippen LogP contribution in [-0.2, 0) is 4.74 Å². The van der Waals surface area contributed by atoms with E-state index >= 15 is 0 Å². The Labute approximate surface area is 111 Å². The van der Waals surface area contributed by atoms with Gasteiger partial charge in [-0.15, -0.1) is 0 Å². The lowest BCUT2D eigenvalue weighted by Crippen LogP contribution is -2.42. The quantitative estimate of drug-likeness (QED) is 0.809. The zero-order valence-electron chi connectivity index (χ0n) is 10.5. The Morgan fingerprint density at radius 1 is 1.37 bits per heavy atom. The van der Waals surface area contributed by atoms with Crippen LogP contribution in [0.25, 0.3) is 5.69 Å². The van der Waals surface area contributed by atoms with E-state index in [1.165, 1.54) is 0 Å². The van der Waals surface area contributed by atoms with Crippen molar-refractivity contribution in [3.05, 3.63) is 30.3 Å². The first-order valence-corrected chi connectivity index (χ1v) is 6.33. The van der Waals surface area contributed by atoms with Gasteiger partial charge in [-0.25, -0.2) is 0 Å². The maximum absolute atomic E-state index is 5.62. The largest absolute Gasteiger partial charge is 0.374 e. The number of ether oxygens (including phenoxy) is 1. The Balaban J connectivity index is 1.67. The van der Waals surface area contributed by atoms with E-state index in [-0.39, 0.29) is 6.10 Å². The van der Waals surface area contributed by atoms with Gasteiger partial charge in [0.1, 0.15) is 0 Å². The fourth-order valence-corrected chi connectivity index (χ4v) is 2.00. The Morgan fingerprint density at radius 2 is 2.26 bits per heavy atom. The number of nitrogens with one attached hydrogen (secondary N) is 2. The fourth-order valence-electron chi connectivity index (χ4n) is 2.00. The van der Waals surface area contributed by atoms with E-state index < -0.39 is 0 Å². The molecule has 2 heterocycles. The van der Waals surface area contributed by atoms with Crippen molar-refractivity contribution < 1.29 is 4.74 Å². The predicted molar refractivity (Wildman–Crippen MR) is 70.3 cm³/mol. The van der Waals surface area contributed by atoms with Gasteiger partial charge in [-0.05, 0) is 22.6 Å². The molecule has 1 atom stereocenters. The Bertz CT molecular complexity index is 508. The van der Waals surface area contributed by atoms with Crippen molar-refractivity contribution in [1.82, 2.24) is 25.5 Å². The molecule has 19 heavy (non-hydrogen) atoms. The second kappa shape index (κ2) is 5.77. The molecule has 1 saturated heterocycles. The molecule has 7 heteroatoms. The van der Waals surface area contributed by atoms with Gasteiger partial charge in [0.15, 0.2) is 0 Å². The summed E-state index contributed by atoms with van der Waals surface area (Å²) in [7, 11) is 0. The van der Waals surface area contributed by atoms with Gasteiger partial charge < -0.3 is 15.4 Å². The SMILES string of the molecule is c1ccc(-n2nnnc2NCC2CNCCO2)cc1. The molecule has 0 bridgehead atoms. The zero-order valence-corrected chi connectivity index (χ0v) is 10.5. The van der Waals surface area contributed by atoms with Gasteiger partial charge in [0.2, 0.25) is 5.95 Å². The minimum absolute atomic E-state index is 0.148. The van der Waals surface area contributed by atoms with E-state index in [0.29, 0.717) is 12.5 Å². The number of hydrogen-bond acceptors (Lipinski definition) is 6. The minimum Gasteiger partial charge on any atom is -0.374 e. The molecule has 1 aliphatic heterocycles. The predicted octanol–water partition coefficient (Wildman–Crippen LogP) is 0.0626. The fraction of sp³-hybridized carbons (Fsp3) is 0.417. The molecule has 100 valence electrons. The number of hydrogen-bond donors (Lipinski definition) is 2. The highest BCUT2D eigenvalue weighted by Gasteiger charge is 2.15. The van der Waals surface area contributed by atoms with E-state index in [2.05, 4.69) is 26.2 Å². The number of morpholine rings is 1. The molecule has 0 aliphatic carbocycles. The van der Waals surface area contributed by atoms with Crippen LogP contribution in [0.3, 0.4) is 0 Å². The first kappa shape index (κ1) is 12.1. The van der Waals surface area contributed by atoms with Crippen molar-refractivity contribution in [1.29, 1.82) is 0 Å². The Kier molecular flexibility index (Phi) is 3.66. The molecule has 2 N–H and O–H groups in total. The van der Waals surface area contributed by atoms with Crippen LogP contribution in [0, 0.1) is 0 Å². The van der Waals surface area contributed by atoms with Gasteiger partial charge in [-0.2, -0.15) is 4.68 Å². The first-order valence-electron chi connectivity index (χ1n) is 6.33. The smallest absolute Gasteiger partial charge is 0.247 e. The lowest BCUT2D eigenvalue weighted by Gasteiger charge is -2.23. The van der Waals surface area contributed by atoms with E-state index in [4.69, 9.17) is 4.74 Å². The summed E-state index contributed by atoms with van der Waals surface area (Å²) in [5.74, 6) is 0.625. The molecule has 1 fully saturated rings. The molecule has 1 aromatic carbocycles. The summed E-state index contributed by atoms with van der Waals surface area (Å²) in [5, 5.41) is 18.2. The van der Waals surface area contributed by atoms with Crippen LogP contribution in [-0.4, -0.2) is 52.6 Å². The molecule has 0 spiro atoms. The topological polar surface area (TPSA) is 76.9 Å². The number of rotatable bonds is 4. The van der Waals surface area contributed by atoms with Crippen LogP contribution < -0.4 is 10.6 Å². The molecule has 7 nitrogen and oxygen atoms in total. The van der Waals surface area contributed by atoms with Crippen LogP contribution in [0.5, 0.6) is 0 Å². The third-order valence-corrected chi connectivity index (χ3v) is 2.96. The number of aromatic nitrogens is 4. The summed E-state index contributed by atoms with van der Waals surface area (Å²) in [6.07, 6.45) is 0.148. The molecule has 1 unspecified atom stereocenters. The molecule has 3 rings (SSSR count). The first-order chi connectivity index (χ1) is 9.43. The van der Waals surface area contributed by atoms with E-state index in [1.54, 1.807) is 4.68 Å². The number of nitrogens with zero attached hydrogens (tertiary/aromatic N) is 4. The van der Waals surface area contributed by atoms with Crippen molar-refractivity contribution in [2.24, 2.45) is 0 Å². The summed E-state index contributed by atoms with van der Waals surface area (Å²) >= 11 is 0. The highest BCUT2D eigenvalue weighted by atomic mass is 16.5. The Hall–Kier alpha value is -1.99. The zero-order chi connectivity index (χ0) is 12.9. The number of benzene rings is 1. The van der Waals surface area contributed by atoms with Gasteiger partial charge in [0.25, 0.3) is 0 Å². The maximum Gasteiger partial charge on any atom is 0.247 e. The summed E-state index contributed by atoms with van der Waals surface area (Å²) in [6.45, 7) is 3.19. The normalized spacial score (nSPS) is 19.3. The molecule has 0 saturated carbocycles. The molecule has 1 aliphatic rings. The van der Waals surface area contributed by atoms with Crippen LogP contribution in [0.2, 0.25) is 0 Å². The molecule has 0 radical (unpaired) electrons. The van der Waals surface area contributed by atoms with Crippen LogP contribution in [0.15, 0.2) is 30.3 Å². The average molecular weight is 260 g/mol. The lowest BCUT2D eigenvalue weighted by atomic mass is 10.3. The third kappa shape index (κ3) is 2.88. The summed E-state index contributed by atoms with van der Waals surface area (Å²) < 4.78 is 7.30. The number of anilines is 1. The second-order valence-corrected chi connectivity index (χ2v) is 4.33.